The first kappa shape index (κ1) is 16.2. The second-order valence-electron chi connectivity index (χ2n) is 6.29. The van der Waals surface area contributed by atoms with Crippen molar-refractivity contribution < 1.29 is 9.18 Å². The van der Waals surface area contributed by atoms with Gasteiger partial charge in [0.1, 0.15) is 5.82 Å². The smallest absolute Gasteiger partial charge is 0.151 e. The van der Waals surface area contributed by atoms with Crippen molar-refractivity contribution in [2.45, 2.75) is 46.0 Å². The first-order valence-corrected chi connectivity index (χ1v) is 8.06. The van der Waals surface area contributed by atoms with Crippen LogP contribution in [0.4, 0.5) is 4.39 Å². The van der Waals surface area contributed by atoms with Gasteiger partial charge < -0.3 is 0 Å². The Balaban J connectivity index is 1.84. The molecule has 0 unspecified atom stereocenters. The third-order valence-corrected chi connectivity index (χ3v) is 5.16. The van der Waals surface area contributed by atoms with Crippen molar-refractivity contribution in [3.05, 3.63) is 35.6 Å². The summed E-state index contributed by atoms with van der Waals surface area (Å²) in [5.74, 6) is -0.166. The van der Waals surface area contributed by atoms with Gasteiger partial charge in [0, 0.05) is 6.42 Å². The molecule has 2 nitrogen and oxygen atoms in total. The Morgan fingerprint density at radius 1 is 1.19 bits per heavy atom. The van der Waals surface area contributed by atoms with E-state index in [2.05, 4.69) is 18.7 Å². The normalized spacial score (nSPS) is 18.6. The maximum atomic E-state index is 13.6. The Morgan fingerprint density at radius 2 is 1.81 bits per heavy atom. The first-order chi connectivity index (χ1) is 10.1. The van der Waals surface area contributed by atoms with E-state index in [9.17, 15) is 9.18 Å². The number of ketones is 1. The van der Waals surface area contributed by atoms with E-state index in [-0.39, 0.29) is 18.0 Å². The van der Waals surface area contributed by atoms with E-state index in [0.717, 1.165) is 13.1 Å². The number of piperidine rings is 1. The molecule has 1 heterocycles. The Bertz CT molecular complexity index is 472. The number of hydrogen-bond donors (Lipinski definition) is 0. The van der Waals surface area contributed by atoms with Crippen LogP contribution in [0.15, 0.2) is 24.3 Å². The highest BCUT2D eigenvalue weighted by Gasteiger charge is 2.31. The summed E-state index contributed by atoms with van der Waals surface area (Å²) < 4.78 is 13.6. The Morgan fingerprint density at radius 3 is 2.38 bits per heavy atom. The van der Waals surface area contributed by atoms with Crippen molar-refractivity contribution >= 4 is 5.78 Å². The number of halogens is 1. The molecule has 0 amide bonds. The summed E-state index contributed by atoms with van der Waals surface area (Å²) in [6.07, 6.45) is 5.00. The minimum absolute atomic E-state index is 0.112. The summed E-state index contributed by atoms with van der Waals surface area (Å²) >= 11 is 0. The standard InChI is InChI=1S/C18H26FNO/c1-3-18(4-2)9-11-20(12-10-18)14-16(21)13-15-7-5-6-8-17(15)19/h5-8H,3-4,9-14H2,1-2H3. The van der Waals surface area contributed by atoms with Gasteiger partial charge in [0.15, 0.2) is 5.78 Å². The molecule has 1 aromatic carbocycles. The number of likely N-dealkylation sites (tertiary alicyclic amines) is 1. The fourth-order valence-electron chi connectivity index (χ4n) is 3.30. The fourth-order valence-corrected chi connectivity index (χ4v) is 3.30. The molecule has 116 valence electrons. The summed E-state index contributed by atoms with van der Waals surface area (Å²) in [7, 11) is 0. The zero-order valence-corrected chi connectivity index (χ0v) is 13.2. The second kappa shape index (κ2) is 7.17. The van der Waals surface area contributed by atoms with E-state index < -0.39 is 0 Å². The molecule has 0 N–H and O–H groups in total. The zero-order chi connectivity index (χ0) is 15.3. The van der Waals surface area contributed by atoms with E-state index >= 15 is 0 Å². The SMILES string of the molecule is CCC1(CC)CCN(CC(=O)Cc2ccccc2F)CC1. The van der Waals surface area contributed by atoms with Crippen molar-refractivity contribution in [3.63, 3.8) is 0 Å². The number of carbonyl (C=O) groups is 1. The number of benzene rings is 1. The molecular weight excluding hydrogens is 265 g/mol. The van der Waals surface area contributed by atoms with Crippen LogP contribution in [0, 0.1) is 11.2 Å². The average Bonchev–Trinajstić information content (AvgIpc) is 2.51. The molecule has 3 heteroatoms. The Kier molecular flexibility index (Phi) is 5.51. The highest BCUT2D eigenvalue weighted by Crippen LogP contribution is 2.37. The van der Waals surface area contributed by atoms with Gasteiger partial charge in [-0.2, -0.15) is 0 Å². The molecule has 0 radical (unpaired) electrons. The van der Waals surface area contributed by atoms with Gasteiger partial charge >= 0.3 is 0 Å². The predicted molar refractivity (Wildman–Crippen MR) is 83.8 cm³/mol. The molecule has 1 aliphatic heterocycles. The van der Waals surface area contributed by atoms with Crippen molar-refractivity contribution in [1.82, 2.24) is 4.90 Å². The average molecular weight is 291 g/mol. The van der Waals surface area contributed by atoms with E-state index in [4.69, 9.17) is 0 Å². The third kappa shape index (κ3) is 4.13. The van der Waals surface area contributed by atoms with E-state index in [1.807, 2.05) is 0 Å². The molecule has 0 saturated carbocycles. The Hall–Kier alpha value is -1.22. The molecule has 1 aliphatic rings. The summed E-state index contributed by atoms with van der Waals surface area (Å²) in [4.78, 5) is 14.4. The molecule has 0 spiro atoms. The fraction of sp³-hybridized carbons (Fsp3) is 0.611. The largest absolute Gasteiger partial charge is 0.298 e. The third-order valence-electron chi connectivity index (χ3n) is 5.16. The van der Waals surface area contributed by atoms with Gasteiger partial charge in [0.05, 0.1) is 6.54 Å². The maximum Gasteiger partial charge on any atom is 0.151 e. The molecular formula is C18H26FNO. The quantitative estimate of drug-likeness (QED) is 0.793. The lowest BCUT2D eigenvalue weighted by Gasteiger charge is -2.40. The van der Waals surface area contributed by atoms with Crippen LogP contribution in [0.1, 0.15) is 45.1 Å². The van der Waals surface area contributed by atoms with Crippen LogP contribution in [0.5, 0.6) is 0 Å². The summed E-state index contributed by atoms with van der Waals surface area (Å²) in [5.41, 5.74) is 0.987. The van der Waals surface area contributed by atoms with Gasteiger partial charge in [0.2, 0.25) is 0 Å². The summed E-state index contributed by atoms with van der Waals surface area (Å²) in [6, 6.07) is 6.55. The van der Waals surface area contributed by atoms with E-state index in [1.54, 1.807) is 18.2 Å². The molecule has 1 fully saturated rings. The van der Waals surface area contributed by atoms with E-state index in [1.165, 1.54) is 31.7 Å². The van der Waals surface area contributed by atoms with Crippen LogP contribution in [-0.2, 0) is 11.2 Å². The monoisotopic (exact) mass is 291 g/mol. The van der Waals surface area contributed by atoms with Crippen LogP contribution in [0.3, 0.4) is 0 Å². The first-order valence-electron chi connectivity index (χ1n) is 8.06. The van der Waals surface area contributed by atoms with Crippen LogP contribution in [0.25, 0.3) is 0 Å². The van der Waals surface area contributed by atoms with Gasteiger partial charge in [0.25, 0.3) is 0 Å². The maximum absolute atomic E-state index is 13.6. The molecule has 1 saturated heterocycles. The highest BCUT2D eigenvalue weighted by atomic mass is 19.1. The van der Waals surface area contributed by atoms with E-state index in [0.29, 0.717) is 17.5 Å². The van der Waals surface area contributed by atoms with Crippen molar-refractivity contribution in [2.24, 2.45) is 5.41 Å². The molecule has 21 heavy (non-hydrogen) atoms. The second-order valence-corrected chi connectivity index (χ2v) is 6.29. The Labute approximate surface area is 127 Å². The lowest BCUT2D eigenvalue weighted by atomic mass is 9.74. The predicted octanol–water partition coefficient (Wildman–Crippen LogP) is 3.84. The topological polar surface area (TPSA) is 20.3 Å². The molecule has 0 aliphatic carbocycles. The molecule has 0 bridgehead atoms. The van der Waals surface area contributed by atoms with Gasteiger partial charge in [-0.05, 0) is 43.0 Å². The molecule has 0 aromatic heterocycles. The number of rotatable bonds is 6. The minimum Gasteiger partial charge on any atom is -0.298 e. The van der Waals surface area contributed by atoms with Crippen molar-refractivity contribution in [1.29, 1.82) is 0 Å². The van der Waals surface area contributed by atoms with Crippen LogP contribution >= 0.6 is 0 Å². The van der Waals surface area contributed by atoms with Gasteiger partial charge in [-0.25, -0.2) is 4.39 Å². The molecule has 0 atom stereocenters. The van der Waals surface area contributed by atoms with Crippen molar-refractivity contribution in [3.8, 4) is 0 Å². The minimum atomic E-state index is -0.277. The highest BCUT2D eigenvalue weighted by molar-refractivity contribution is 5.82. The lowest BCUT2D eigenvalue weighted by molar-refractivity contribution is -0.120. The van der Waals surface area contributed by atoms with Crippen LogP contribution in [0.2, 0.25) is 0 Å². The number of hydrogen-bond acceptors (Lipinski definition) is 2. The van der Waals surface area contributed by atoms with Gasteiger partial charge in [-0.15, -0.1) is 0 Å². The molecule has 2 rings (SSSR count). The van der Waals surface area contributed by atoms with Crippen LogP contribution in [-0.4, -0.2) is 30.3 Å². The molecule has 1 aromatic rings. The zero-order valence-electron chi connectivity index (χ0n) is 13.2. The van der Waals surface area contributed by atoms with Gasteiger partial charge in [-0.3, -0.25) is 9.69 Å². The number of Topliss-reactive ketones (excluding diaryl/α,β-unsaturated/α-hetero) is 1. The summed E-state index contributed by atoms with van der Waals surface area (Å²) in [6.45, 7) is 6.97. The van der Waals surface area contributed by atoms with Gasteiger partial charge in [-0.1, -0.05) is 44.9 Å². The number of nitrogens with zero attached hydrogens (tertiary/aromatic N) is 1. The number of carbonyl (C=O) groups excluding carboxylic acids is 1. The lowest BCUT2D eigenvalue weighted by Crippen LogP contribution is -2.42. The summed E-state index contributed by atoms with van der Waals surface area (Å²) in [5, 5.41) is 0. The van der Waals surface area contributed by atoms with Crippen LogP contribution < -0.4 is 0 Å². The van der Waals surface area contributed by atoms with Crippen molar-refractivity contribution in [2.75, 3.05) is 19.6 Å².